The van der Waals surface area contributed by atoms with Crippen LogP contribution in [0.1, 0.15) is 64.7 Å². The molecule has 3 heteroatoms. The first-order chi connectivity index (χ1) is 9.31. The summed E-state index contributed by atoms with van der Waals surface area (Å²) in [6.07, 6.45) is 12.4. The summed E-state index contributed by atoms with van der Waals surface area (Å²) in [5, 5.41) is 0. The minimum atomic E-state index is 0.429. The van der Waals surface area contributed by atoms with Crippen LogP contribution in [-0.2, 0) is 4.74 Å². The Balaban J connectivity index is 2.07. The van der Waals surface area contributed by atoms with Crippen molar-refractivity contribution in [2.45, 2.75) is 76.9 Å². The Hall–Kier alpha value is -0.120. The second kappa shape index (κ2) is 10.6. The molecule has 3 nitrogen and oxygen atoms in total. The van der Waals surface area contributed by atoms with Gasteiger partial charge in [0.05, 0.1) is 6.10 Å². The van der Waals surface area contributed by atoms with E-state index in [0.717, 1.165) is 19.5 Å². The highest BCUT2D eigenvalue weighted by Gasteiger charge is 2.26. The number of rotatable bonds is 10. The van der Waals surface area contributed by atoms with E-state index in [4.69, 9.17) is 10.5 Å². The summed E-state index contributed by atoms with van der Waals surface area (Å²) in [4.78, 5) is 2.58. The van der Waals surface area contributed by atoms with E-state index in [1.54, 1.807) is 0 Å². The Morgan fingerprint density at radius 3 is 2.42 bits per heavy atom. The van der Waals surface area contributed by atoms with E-state index in [1.165, 1.54) is 57.9 Å². The van der Waals surface area contributed by atoms with Gasteiger partial charge in [0.25, 0.3) is 0 Å². The van der Waals surface area contributed by atoms with Crippen LogP contribution in [-0.4, -0.2) is 43.8 Å². The molecule has 0 aromatic carbocycles. The maximum atomic E-state index is 5.90. The summed E-state index contributed by atoms with van der Waals surface area (Å²) in [7, 11) is 1.82. The van der Waals surface area contributed by atoms with Crippen LogP contribution in [0.5, 0.6) is 0 Å². The minimum absolute atomic E-state index is 0.429. The Morgan fingerprint density at radius 2 is 1.79 bits per heavy atom. The zero-order valence-electron chi connectivity index (χ0n) is 13.1. The van der Waals surface area contributed by atoms with E-state index in [1.807, 2.05) is 7.11 Å². The first-order valence-corrected chi connectivity index (χ1v) is 8.28. The Kier molecular flexibility index (Phi) is 9.48. The van der Waals surface area contributed by atoms with Crippen molar-refractivity contribution in [3.05, 3.63) is 0 Å². The molecule has 0 radical (unpaired) electrons. The first kappa shape index (κ1) is 16.9. The van der Waals surface area contributed by atoms with Gasteiger partial charge >= 0.3 is 0 Å². The lowest BCUT2D eigenvalue weighted by molar-refractivity contribution is 0.0128. The molecule has 2 atom stereocenters. The number of nitrogens with zero attached hydrogens (tertiary/aromatic N) is 1. The maximum absolute atomic E-state index is 5.90. The molecule has 0 aliphatic carbocycles. The number of hydrogen-bond donors (Lipinski definition) is 1. The smallest absolute Gasteiger partial charge is 0.0599 e. The van der Waals surface area contributed by atoms with E-state index < -0.39 is 0 Å². The standard InChI is InChI=1S/C16H34N2O/c1-3-4-5-6-7-8-9-11-18-12-10-16(19-2)13-15(18)14-17/h15-16H,3-14,17H2,1-2H3. The topological polar surface area (TPSA) is 38.5 Å². The summed E-state index contributed by atoms with van der Waals surface area (Å²) >= 11 is 0. The summed E-state index contributed by atoms with van der Waals surface area (Å²) in [6.45, 7) is 5.44. The monoisotopic (exact) mass is 270 g/mol. The van der Waals surface area contributed by atoms with Gasteiger partial charge in [-0.05, 0) is 25.8 Å². The molecule has 0 aromatic rings. The molecule has 0 amide bonds. The van der Waals surface area contributed by atoms with Crippen LogP contribution in [0.15, 0.2) is 0 Å². The normalized spacial score (nSPS) is 24.8. The molecule has 2 N–H and O–H groups in total. The molecule has 19 heavy (non-hydrogen) atoms. The third-order valence-corrected chi connectivity index (χ3v) is 4.44. The van der Waals surface area contributed by atoms with Crippen LogP contribution < -0.4 is 5.73 Å². The van der Waals surface area contributed by atoms with Crippen molar-refractivity contribution in [1.82, 2.24) is 4.90 Å². The molecule has 1 saturated heterocycles. The fourth-order valence-electron chi connectivity index (χ4n) is 3.09. The molecular weight excluding hydrogens is 236 g/mol. The minimum Gasteiger partial charge on any atom is -0.381 e. The molecule has 0 bridgehead atoms. The molecule has 2 unspecified atom stereocenters. The second-order valence-corrected chi connectivity index (χ2v) is 5.93. The summed E-state index contributed by atoms with van der Waals surface area (Å²) < 4.78 is 5.47. The Bertz CT molecular complexity index is 211. The van der Waals surface area contributed by atoms with Crippen molar-refractivity contribution in [3.63, 3.8) is 0 Å². The molecular formula is C16H34N2O. The van der Waals surface area contributed by atoms with Gasteiger partial charge in [-0.1, -0.05) is 45.4 Å². The highest BCUT2D eigenvalue weighted by molar-refractivity contribution is 4.82. The number of piperidine rings is 1. The number of hydrogen-bond acceptors (Lipinski definition) is 3. The van der Waals surface area contributed by atoms with Crippen LogP contribution in [0, 0.1) is 0 Å². The van der Waals surface area contributed by atoms with Gasteiger partial charge in [0.15, 0.2) is 0 Å². The van der Waals surface area contributed by atoms with Crippen molar-refractivity contribution in [3.8, 4) is 0 Å². The fraction of sp³-hybridized carbons (Fsp3) is 1.00. The van der Waals surface area contributed by atoms with Gasteiger partial charge in [-0.15, -0.1) is 0 Å². The highest BCUT2D eigenvalue weighted by Crippen LogP contribution is 2.20. The van der Waals surface area contributed by atoms with Crippen molar-refractivity contribution in [1.29, 1.82) is 0 Å². The third-order valence-electron chi connectivity index (χ3n) is 4.44. The van der Waals surface area contributed by atoms with Crippen LogP contribution in [0.2, 0.25) is 0 Å². The molecule has 1 fully saturated rings. The van der Waals surface area contributed by atoms with Crippen LogP contribution in [0.4, 0.5) is 0 Å². The molecule has 1 heterocycles. The average Bonchev–Trinajstić information content (AvgIpc) is 2.46. The maximum Gasteiger partial charge on any atom is 0.0599 e. The van der Waals surface area contributed by atoms with Crippen LogP contribution in [0.3, 0.4) is 0 Å². The highest BCUT2D eigenvalue weighted by atomic mass is 16.5. The van der Waals surface area contributed by atoms with E-state index in [2.05, 4.69) is 11.8 Å². The SMILES string of the molecule is CCCCCCCCCN1CCC(OC)CC1CN. The van der Waals surface area contributed by atoms with Gasteiger partial charge in [-0.2, -0.15) is 0 Å². The Morgan fingerprint density at radius 1 is 1.11 bits per heavy atom. The van der Waals surface area contributed by atoms with Crippen molar-refractivity contribution < 1.29 is 4.74 Å². The fourth-order valence-corrected chi connectivity index (χ4v) is 3.09. The predicted octanol–water partition coefficient (Wildman–Crippen LogP) is 3.18. The third kappa shape index (κ3) is 6.73. The van der Waals surface area contributed by atoms with Gasteiger partial charge in [-0.25, -0.2) is 0 Å². The van der Waals surface area contributed by atoms with Gasteiger partial charge < -0.3 is 10.5 Å². The number of unbranched alkanes of at least 4 members (excludes halogenated alkanes) is 6. The number of ether oxygens (including phenoxy) is 1. The number of methoxy groups -OCH3 is 1. The lowest BCUT2D eigenvalue weighted by Gasteiger charge is -2.38. The summed E-state index contributed by atoms with van der Waals surface area (Å²) in [6, 6.07) is 0.541. The van der Waals surface area contributed by atoms with Crippen molar-refractivity contribution >= 4 is 0 Å². The summed E-state index contributed by atoms with van der Waals surface area (Å²) in [5.74, 6) is 0. The second-order valence-electron chi connectivity index (χ2n) is 5.93. The van der Waals surface area contributed by atoms with Crippen LogP contribution in [0.25, 0.3) is 0 Å². The molecule has 1 aliphatic heterocycles. The largest absolute Gasteiger partial charge is 0.381 e. The summed E-state index contributed by atoms with van der Waals surface area (Å²) in [5.41, 5.74) is 5.90. The predicted molar refractivity (Wildman–Crippen MR) is 82.4 cm³/mol. The zero-order chi connectivity index (χ0) is 13.9. The van der Waals surface area contributed by atoms with E-state index >= 15 is 0 Å². The van der Waals surface area contributed by atoms with Crippen LogP contribution >= 0.6 is 0 Å². The van der Waals surface area contributed by atoms with Gasteiger partial charge in [0, 0.05) is 26.2 Å². The van der Waals surface area contributed by atoms with Crippen molar-refractivity contribution in [2.24, 2.45) is 5.73 Å². The van der Waals surface area contributed by atoms with Gasteiger partial charge in [0.1, 0.15) is 0 Å². The number of nitrogens with two attached hydrogens (primary N) is 1. The average molecular weight is 270 g/mol. The zero-order valence-corrected chi connectivity index (χ0v) is 13.1. The van der Waals surface area contributed by atoms with E-state index in [9.17, 15) is 0 Å². The van der Waals surface area contributed by atoms with Gasteiger partial charge in [0.2, 0.25) is 0 Å². The molecule has 0 spiro atoms. The van der Waals surface area contributed by atoms with E-state index in [-0.39, 0.29) is 0 Å². The molecule has 114 valence electrons. The van der Waals surface area contributed by atoms with E-state index in [0.29, 0.717) is 12.1 Å². The van der Waals surface area contributed by atoms with Gasteiger partial charge in [-0.3, -0.25) is 4.90 Å². The lowest BCUT2D eigenvalue weighted by Crippen LogP contribution is -2.48. The van der Waals surface area contributed by atoms with Crippen molar-refractivity contribution in [2.75, 3.05) is 26.7 Å². The first-order valence-electron chi connectivity index (χ1n) is 8.28. The molecule has 1 aliphatic rings. The lowest BCUT2D eigenvalue weighted by atomic mass is 9.98. The molecule has 0 saturated carbocycles. The Labute approximate surface area is 119 Å². The molecule has 0 aromatic heterocycles. The number of likely N-dealkylation sites (tertiary alicyclic amines) is 1. The quantitative estimate of drug-likeness (QED) is 0.620. The molecule has 1 rings (SSSR count).